The molecule has 0 heterocycles. The molecule has 0 aromatic rings. The van der Waals surface area contributed by atoms with Crippen LogP contribution >= 0.6 is 0 Å². The van der Waals surface area contributed by atoms with Crippen LogP contribution < -0.4 is 5.32 Å². The van der Waals surface area contributed by atoms with Crippen molar-refractivity contribution in [3.63, 3.8) is 0 Å². The minimum Gasteiger partial charge on any atom is -0.466 e. The molecule has 2 atom stereocenters. The Balaban J connectivity index is 3.37. The molecular formula is C75H145NO5. The SMILES string of the molecule is CCCCCCCCCCCCCCCCCC/C=C/C(O)C(CO)NC(=O)CCCCCCCCCCCCCCCCC/C=C\CCCCCCCCCCCCCCOC(=O)CCCCCCCCCCCCCCCCC. The van der Waals surface area contributed by atoms with Crippen molar-refractivity contribution in [2.75, 3.05) is 13.2 Å². The Morgan fingerprint density at radius 2 is 0.580 bits per heavy atom. The van der Waals surface area contributed by atoms with Crippen molar-refractivity contribution >= 4 is 11.9 Å². The van der Waals surface area contributed by atoms with Gasteiger partial charge >= 0.3 is 5.97 Å². The standard InChI is InChI=1S/C75H145NO5/c1-3-5-7-9-11-13-15-17-19-20-36-40-43-47-51-55-59-63-67-73(78)72(71-77)76-74(79)68-64-60-56-52-48-44-41-37-34-32-30-28-26-24-22-21-23-25-27-29-31-33-35-38-42-46-50-54-58-62-66-70-81-75(80)69-65-61-57-53-49-45-39-18-16-14-12-10-8-6-4-2/h23,25,63,67,72-73,77-78H,3-22,24,26-62,64-66,68-71H2,1-2H3,(H,76,79)/b25-23-,67-63+. The molecule has 0 aromatic heterocycles. The minimum absolute atomic E-state index is 0.0211. The van der Waals surface area contributed by atoms with Gasteiger partial charge in [-0.1, -0.05) is 372 Å². The molecule has 0 fully saturated rings. The van der Waals surface area contributed by atoms with Gasteiger partial charge in [0, 0.05) is 12.8 Å². The summed E-state index contributed by atoms with van der Waals surface area (Å²) < 4.78 is 5.50. The van der Waals surface area contributed by atoms with Crippen LogP contribution in [0.2, 0.25) is 0 Å². The number of esters is 1. The third-order valence-electron chi connectivity index (χ3n) is 17.5. The fourth-order valence-electron chi connectivity index (χ4n) is 11.8. The van der Waals surface area contributed by atoms with Crippen molar-refractivity contribution in [1.82, 2.24) is 5.32 Å². The molecule has 0 rings (SSSR count). The zero-order chi connectivity index (χ0) is 58.5. The molecule has 0 radical (unpaired) electrons. The first-order valence-corrected chi connectivity index (χ1v) is 37.1. The highest BCUT2D eigenvalue weighted by atomic mass is 16.5. The van der Waals surface area contributed by atoms with Crippen molar-refractivity contribution in [2.24, 2.45) is 0 Å². The molecule has 6 nitrogen and oxygen atoms in total. The monoisotopic (exact) mass is 1140 g/mol. The quantitative estimate of drug-likeness (QED) is 0.0320. The number of rotatable bonds is 70. The van der Waals surface area contributed by atoms with Crippen LogP contribution in [0.5, 0.6) is 0 Å². The van der Waals surface area contributed by atoms with Gasteiger partial charge in [-0.15, -0.1) is 0 Å². The van der Waals surface area contributed by atoms with Gasteiger partial charge in [0.05, 0.1) is 25.4 Å². The van der Waals surface area contributed by atoms with Gasteiger partial charge < -0.3 is 20.3 Å². The largest absolute Gasteiger partial charge is 0.466 e. The van der Waals surface area contributed by atoms with Crippen LogP contribution in [0, 0.1) is 0 Å². The molecule has 3 N–H and O–H groups in total. The number of unbranched alkanes of at least 4 members (excludes halogenated alkanes) is 57. The number of aliphatic hydroxyl groups is 2. The van der Waals surface area contributed by atoms with Crippen LogP contribution in [0.15, 0.2) is 24.3 Å². The first kappa shape index (κ1) is 79.3. The zero-order valence-electron chi connectivity index (χ0n) is 55.0. The molecule has 2 unspecified atom stereocenters. The number of carbonyl (C=O) groups excluding carboxylic acids is 2. The Bertz CT molecular complexity index is 1270. The molecule has 0 saturated carbocycles. The van der Waals surface area contributed by atoms with Crippen molar-refractivity contribution in [3.8, 4) is 0 Å². The predicted octanol–water partition coefficient (Wildman–Crippen LogP) is 24.1. The molecule has 6 heteroatoms. The van der Waals surface area contributed by atoms with Gasteiger partial charge in [0.25, 0.3) is 0 Å². The lowest BCUT2D eigenvalue weighted by Crippen LogP contribution is -2.45. The van der Waals surface area contributed by atoms with Crippen LogP contribution in [0.1, 0.15) is 418 Å². The summed E-state index contributed by atoms with van der Waals surface area (Å²) in [4.78, 5) is 24.6. The number of hydrogen-bond acceptors (Lipinski definition) is 5. The smallest absolute Gasteiger partial charge is 0.305 e. The van der Waals surface area contributed by atoms with E-state index in [9.17, 15) is 19.8 Å². The van der Waals surface area contributed by atoms with Crippen molar-refractivity contribution in [1.29, 1.82) is 0 Å². The summed E-state index contributed by atoms with van der Waals surface area (Å²) in [5.74, 6) is -0.0411. The highest BCUT2D eigenvalue weighted by Gasteiger charge is 2.18. The average molecular weight is 1140 g/mol. The number of amides is 1. The van der Waals surface area contributed by atoms with Gasteiger partial charge in [0.1, 0.15) is 0 Å². The Morgan fingerprint density at radius 1 is 0.333 bits per heavy atom. The molecule has 0 spiro atoms. The Labute approximate surface area is 507 Å². The van der Waals surface area contributed by atoms with Crippen molar-refractivity contribution in [2.45, 2.75) is 431 Å². The van der Waals surface area contributed by atoms with Crippen molar-refractivity contribution in [3.05, 3.63) is 24.3 Å². The van der Waals surface area contributed by atoms with Gasteiger partial charge in [-0.25, -0.2) is 0 Å². The lowest BCUT2D eigenvalue weighted by molar-refractivity contribution is -0.143. The summed E-state index contributed by atoms with van der Waals surface area (Å²) in [7, 11) is 0. The van der Waals surface area contributed by atoms with E-state index in [1.165, 1.54) is 353 Å². The number of hydrogen-bond donors (Lipinski definition) is 3. The van der Waals surface area contributed by atoms with Gasteiger partial charge in [0.2, 0.25) is 5.91 Å². The molecule has 0 aliphatic rings. The van der Waals surface area contributed by atoms with Crippen LogP contribution in [-0.4, -0.2) is 47.4 Å². The maximum Gasteiger partial charge on any atom is 0.305 e. The van der Waals surface area contributed by atoms with E-state index in [2.05, 4.69) is 31.3 Å². The summed E-state index contributed by atoms with van der Waals surface area (Å²) in [6.07, 6.45) is 89.9. The summed E-state index contributed by atoms with van der Waals surface area (Å²) in [6.45, 7) is 4.95. The number of nitrogens with one attached hydrogen (secondary N) is 1. The van der Waals surface area contributed by atoms with E-state index >= 15 is 0 Å². The third-order valence-corrected chi connectivity index (χ3v) is 17.5. The van der Waals surface area contributed by atoms with E-state index in [1.807, 2.05) is 6.08 Å². The van der Waals surface area contributed by atoms with Crippen LogP contribution in [0.3, 0.4) is 0 Å². The summed E-state index contributed by atoms with van der Waals surface area (Å²) in [5.41, 5.74) is 0. The topological polar surface area (TPSA) is 95.9 Å². The Morgan fingerprint density at radius 3 is 0.877 bits per heavy atom. The molecular weight excluding hydrogens is 995 g/mol. The van der Waals surface area contributed by atoms with E-state index in [-0.39, 0.29) is 18.5 Å². The van der Waals surface area contributed by atoms with Crippen LogP contribution in [0.4, 0.5) is 0 Å². The van der Waals surface area contributed by atoms with Gasteiger partial charge in [-0.3, -0.25) is 9.59 Å². The lowest BCUT2D eigenvalue weighted by Gasteiger charge is -2.20. The van der Waals surface area contributed by atoms with E-state index in [0.717, 1.165) is 38.5 Å². The summed E-state index contributed by atoms with van der Waals surface area (Å²) in [5, 5.41) is 23.2. The van der Waals surface area contributed by atoms with Crippen LogP contribution in [-0.2, 0) is 14.3 Å². The van der Waals surface area contributed by atoms with Crippen molar-refractivity contribution < 1.29 is 24.5 Å². The average Bonchev–Trinajstić information content (AvgIpc) is 3.47. The maximum absolute atomic E-state index is 12.5. The molecule has 0 aliphatic heterocycles. The second kappa shape index (κ2) is 70.8. The van der Waals surface area contributed by atoms with Gasteiger partial charge in [0.15, 0.2) is 0 Å². The molecule has 81 heavy (non-hydrogen) atoms. The van der Waals surface area contributed by atoms with Gasteiger partial charge in [-0.2, -0.15) is 0 Å². The third kappa shape index (κ3) is 67.3. The summed E-state index contributed by atoms with van der Waals surface area (Å²) in [6, 6.07) is -0.626. The maximum atomic E-state index is 12.5. The Kier molecular flexibility index (Phi) is 69.4. The number of aliphatic hydroxyl groups excluding tert-OH is 2. The second-order valence-electron chi connectivity index (χ2n) is 25.6. The highest BCUT2D eigenvalue weighted by molar-refractivity contribution is 5.76. The number of ether oxygens (including phenoxy) is 1. The predicted molar refractivity (Wildman–Crippen MR) is 356 cm³/mol. The fourth-order valence-corrected chi connectivity index (χ4v) is 11.8. The van der Waals surface area contributed by atoms with E-state index in [0.29, 0.717) is 19.4 Å². The minimum atomic E-state index is -0.843. The molecule has 480 valence electrons. The fraction of sp³-hybridized carbons (Fsp3) is 0.920. The number of carbonyl (C=O) groups is 2. The van der Waals surface area contributed by atoms with E-state index < -0.39 is 12.1 Å². The number of allylic oxidation sites excluding steroid dienone is 3. The molecule has 0 aliphatic carbocycles. The lowest BCUT2D eigenvalue weighted by atomic mass is 10.0. The van der Waals surface area contributed by atoms with E-state index in [1.54, 1.807) is 6.08 Å². The molecule has 0 saturated heterocycles. The zero-order valence-corrected chi connectivity index (χ0v) is 55.0. The first-order valence-electron chi connectivity index (χ1n) is 37.1. The molecule has 1 amide bonds. The first-order chi connectivity index (χ1) is 40.0. The normalized spacial score (nSPS) is 12.6. The molecule has 0 aromatic carbocycles. The molecule has 0 bridgehead atoms. The van der Waals surface area contributed by atoms with Gasteiger partial charge in [-0.05, 0) is 57.8 Å². The highest BCUT2D eigenvalue weighted by Crippen LogP contribution is 2.19. The summed E-state index contributed by atoms with van der Waals surface area (Å²) >= 11 is 0. The Hall–Kier alpha value is -1.66. The van der Waals surface area contributed by atoms with E-state index in [4.69, 9.17) is 4.74 Å². The van der Waals surface area contributed by atoms with Crippen LogP contribution in [0.25, 0.3) is 0 Å². The second-order valence-corrected chi connectivity index (χ2v) is 25.6.